The first kappa shape index (κ1) is 17.0. The maximum Gasteiger partial charge on any atom is 0.313 e. The number of halogens is 1. The van der Waals surface area contributed by atoms with E-state index >= 15 is 0 Å². The Hall–Kier alpha value is -1.38. The molecular formula is C19H27FO2. The monoisotopic (exact) mass is 306 g/mol. The molecule has 1 aromatic carbocycles. The Kier molecular flexibility index (Phi) is 5.60. The lowest BCUT2D eigenvalue weighted by atomic mass is 9.69. The molecule has 0 heterocycles. The number of rotatable bonds is 6. The molecule has 0 spiro atoms. The van der Waals surface area contributed by atoms with Crippen molar-refractivity contribution in [3.8, 4) is 0 Å². The maximum absolute atomic E-state index is 13.2. The fourth-order valence-corrected chi connectivity index (χ4v) is 3.26. The van der Waals surface area contributed by atoms with Gasteiger partial charge in [-0.2, -0.15) is 0 Å². The molecule has 2 nitrogen and oxygen atoms in total. The van der Waals surface area contributed by atoms with Crippen LogP contribution in [0.5, 0.6) is 0 Å². The molecule has 2 atom stereocenters. The van der Waals surface area contributed by atoms with Crippen molar-refractivity contribution in [2.45, 2.75) is 58.5 Å². The summed E-state index contributed by atoms with van der Waals surface area (Å²) in [6.45, 7) is 8.55. The zero-order valence-corrected chi connectivity index (χ0v) is 14.0. The third kappa shape index (κ3) is 3.68. The van der Waals surface area contributed by atoms with Gasteiger partial charge in [-0.3, -0.25) is 4.79 Å². The topological polar surface area (TPSA) is 26.3 Å². The smallest absolute Gasteiger partial charge is 0.313 e. The molecule has 0 aliphatic heterocycles. The summed E-state index contributed by atoms with van der Waals surface area (Å²) in [6, 6.07) is 8.22. The van der Waals surface area contributed by atoms with Crippen LogP contribution < -0.4 is 0 Å². The molecule has 2 rings (SSSR count). The third-order valence-corrected chi connectivity index (χ3v) is 4.89. The first-order chi connectivity index (χ1) is 10.4. The summed E-state index contributed by atoms with van der Waals surface area (Å²) >= 11 is 0. The number of esters is 1. The summed E-state index contributed by atoms with van der Waals surface area (Å²) in [5.41, 5.74) is 2.24. The Bertz CT molecular complexity index is 489. The molecule has 1 saturated carbocycles. The normalized spacial score (nSPS) is 23.7. The number of carbonyl (C=O) groups excluding carboxylic acids is 1. The maximum atomic E-state index is 13.2. The second kappa shape index (κ2) is 7.26. The summed E-state index contributed by atoms with van der Waals surface area (Å²) < 4.78 is 18.4. The highest BCUT2D eigenvalue weighted by molar-refractivity contribution is 5.78. The SMILES string of the molecule is CCOC(=O)C(c1ccc(C(C)C)cc1)[C@@H](C)C1CC(F)C1. The van der Waals surface area contributed by atoms with Crippen LogP contribution in [0.3, 0.4) is 0 Å². The molecule has 22 heavy (non-hydrogen) atoms. The lowest BCUT2D eigenvalue weighted by molar-refractivity contribution is -0.147. The van der Waals surface area contributed by atoms with Crippen molar-refractivity contribution in [3.05, 3.63) is 35.4 Å². The van der Waals surface area contributed by atoms with Crippen molar-refractivity contribution in [3.63, 3.8) is 0 Å². The molecule has 3 heteroatoms. The highest BCUT2D eigenvalue weighted by Crippen LogP contribution is 2.43. The molecule has 0 radical (unpaired) electrons. The standard InChI is InChI=1S/C19H27FO2/c1-5-22-19(21)18(13(4)16-10-17(20)11-16)15-8-6-14(7-9-15)12(2)3/h6-9,12-13,16-18H,5,10-11H2,1-4H3/t13-,16?,17?,18?/m0/s1. The molecular weight excluding hydrogens is 279 g/mol. The quantitative estimate of drug-likeness (QED) is 0.703. The van der Waals surface area contributed by atoms with Crippen molar-refractivity contribution in [1.82, 2.24) is 0 Å². The Labute approximate surface area is 133 Å². The lowest BCUT2D eigenvalue weighted by Crippen LogP contribution is -2.36. The van der Waals surface area contributed by atoms with Crippen LogP contribution in [0.15, 0.2) is 24.3 Å². The van der Waals surface area contributed by atoms with Gasteiger partial charge < -0.3 is 4.74 Å². The molecule has 1 fully saturated rings. The van der Waals surface area contributed by atoms with Gasteiger partial charge in [0.25, 0.3) is 0 Å². The van der Waals surface area contributed by atoms with E-state index in [4.69, 9.17) is 4.74 Å². The van der Waals surface area contributed by atoms with E-state index in [1.165, 1.54) is 5.56 Å². The van der Waals surface area contributed by atoms with Crippen molar-refractivity contribution in [1.29, 1.82) is 0 Å². The van der Waals surface area contributed by atoms with Crippen molar-refractivity contribution >= 4 is 5.97 Å². The van der Waals surface area contributed by atoms with Gasteiger partial charge >= 0.3 is 5.97 Å². The van der Waals surface area contributed by atoms with E-state index in [-0.39, 0.29) is 23.7 Å². The molecule has 1 aliphatic rings. The molecule has 0 amide bonds. The van der Waals surface area contributed by atoms with Gasteiger partial charge in [0.1, 0.15) is 6.17 Å². The molecule has 1 aliphatic carbocycles. The minimum absolute atomic E-state index is 0.107. The molecule has 0 saturated heterocycles. The second-order valence-electron chi connectivity index (χ2n) is 6.74. The minimum atomic E-state index is -0.696. The average molecular weight is 306 g/mol. The lowest BCUT2D eigenvalue weighted by Gasteiger charge is -2.38. The number of carbonyl (C=O) groups is 1. The van der Waals surface area contributed by atoms with Crippen LogP contribution in [0.2, 0.25) is 0 Å². The summed E-state index contributed by atoms with van der Waals surface area (Å²) in [6.07, 6.45) is 0.445. The van der Waals surface area contributed by atoms with E-state index in [1.54, 1.807) is 0 Å². The van der Waals surface area contributed by atoms with Crippen LogP contribution in [0.1, 0.15) is 63.5 Å². The summed E-state index contributed by atoms with van der Waals surface area (Å²) in [7, 11) is 0. The van der Waals surface area contributed by atoms with Crippen LogP contribution >= 0.6 is 0 Å². The molecule has 0 aromatic heterocycles. The van der Waals surface area contributed by atoms with Crippen molar-refractivity contribution in [2.24, 2.45) is 11.8 Å². The fraction of sp³-hybridized carbons (Fsp3) is 0.632. The molecule has 0 bridgehead atoms. The van der Waals surface area contributed by atoms with Crippen LogP contribution in [-0.2, 0) is 9.53 Å². The first-order valence-electron chi connectivity index (χ1n) is 8.34. The predicted molar refractivity (Wildman–Crippen MR) is 86.7 cm³/mol. The van der Waals surface area contributed by atoms with Gasteiger partial charge in [-0.1, -0.05) is 45.0 Å². The Morgan fingerprint density at radius 3 is 2.18 bits per heavy atom. The van der Waals surface area contributed by atoms with Gasteiger partial charge in [-0.15, -0.1) is 0 Å². The molecule has 1 unspecified atom stereocenters. The number of alkyl halides is 1. The van der Waals surface area contributed by atoms with Gasteiger partial charge in [-0.05, 0) is 48.6 Å². The van der Waals surface area contributed by atoms with E-state index in [0.29, 0.717) is 25.4 Å². The predicted octanol–water partition coefficient (Wildman–Crippen LogP) is 4.84. The zero-order valence-electron chi connectivity index (χ0n) is 14.0. The van der Waals surface area contributed by atoms with Crippen LogP contribution in [0, 0.1) is 11.8 Å². The Morgan fingerprint density at radius 2 is 1.73 bits per heavy atom. The van der Waals surface area contributed by atoms with Crippen LogP contribution in [-0.4, -0.2) is 18.7 Å². The van der Waals surface area contributed by atoms with E-state index < -0.39 is 6.17 Å². The molecule has 122 valence electrons. The van der Waals surface area contributed by atoms with E-state index in [0.717, 1.165) is 5.56 Å². The number of ether oxygens (including phenoxy) is 1. The highest BCUT2D eigenvalue weighted by Gasteiger charge is 2.40. The fourth-order valence-electron chi connectivity index (χ4n) is 3.26. The highest BCUT2D eigenvalue weighted by atomic mass is 19.1. The zero-order chi connectivity index (χ0) is 16.3. The molecule has 0 N–H and O–H groups in total. The summed E-state index contributed by atoms with van der Waals surface area (Å²) in [4.78, 5) is 12.4. The van der Waals surface area contributed by atoms with E-state index in [1.807, 2.05) is 19.1 Å². The third-order valence-electron chi connectivity index (χ3n) is 4.89. The summed E-state index contributed by atoms with van der Waals surface area (Å²) in [5, 5.41) is 0. The van der Waals surface area contributed by atoms with Gasteiger partial charge in [0, 0.05) is 0 Å². The number of hydrogen-bond acceptors (Lipinski definition) is 2. The first-order valence-corrected chi connectivity index (χ1v) is 8.34. The van der Waals surface area contributed by atoms with Gasteiger partial charge in [0.05, 0.1) is 12.5 Å². The second-order valence-corrected chi connectivity index (χ2v) is 6.74. The van der Waals surface area contributed by atoms with E-state index in [9.17, 15) is 9.18 Å². The van der Waals surface area contributed by atoms with Crippen LogP contribution in [0.25, 0.3) is 0 Å². The average Bonchev–Trinajstić information content (AvgIpc) is 2.45. The van der Waals surface area contributed by atoms with Gasteiger partial charge in [0.2, 0.25) is 0 Å². The van der Waals surface area contributed by atoms with Crippen LogP contribution in [0.4, 0.5) is 4.39 Å². The number of hydrogen-bond donors (Lipinski definition) is 0. The van der Waals surface area contributed by atoms with E-state index in [2.05, 4.69) is 32.9 Å². The van der Waals surface area contributed by atoms with Crippen molar-refractivity contribution < 1.29 is 13.9 Å². The Morgan fingerprint density at radius 1 is 1.18 bits per heavy atom. The Balaban J connectivity index is 2.21. The summed E-state index contributed by atoms with van der Waals surface area (Å²) in [5.74, 6) is 0.366. The minimum Gasteiger partial charge on any atom is -0.466 e. The van der Waals surface area contributed by atoms with Crippen molar-refractivity contribution in [2.75, 3.05) is 6.61 Å². The molecule has 1 aromatic rings. The largest absolute Gasteiger partial charge is 0.466 e. The number of benzene rings is 1. The van der Waals surface area contributed by atoms with Gasteiger partial charge in [-0.25, -0.2) is 4.39 Å². The van der Waals surface area contributed by atoms with Gasteiger partial charge in [0.15, 0.2) is 0 Å².